The van der Waals surface area contributed by atoms with Crippen LogP contribution < -0.4 is 16.4 Å². The summed E-state index contributed by atoms with van der Waals surface area (Å²) >= 11 is 1.56. The van der Waals surface area contributed by atoms with Gasteiger partial charge in [0.15, 0.2) is 0 Å². The monoisotopic (exact) mass is 267 g/mol. The Morgan fingerprint density at radius 3 is 2.83 bits per heavy atom. The van der Waals surface area contributed by atoms with Crippen molar-refractivity contribution in [1.29, 1.82) is 0 Å². The van der Waals surface area contributed by atoms with Gasteiger partial charge < -0.3 is 16.4 Å². The van der Waals surface area contributed by atoms with Crippen molar-refractivity contribution in [2.75, 3.05) is 22.9 Å². The molecule has 0 bridgehead atoms. The van der Waals surface area contributed by atoms with Crippen molar-refractivity contribution in [1.82, 2.24) is 0 Å². The summed E-state index contributed by atoms with van der Waals surface area (Å²) in [6.45, 7) is 5.07. The van der Waals surface area contributed by atoms with Crippen LogP contribution in [0.5, 0.6) is 0 Å². The predicted octanol–water partition coefficient (Wildman–Crippen LogP) is 3.06. The van der Waals surface area contributed by atoms with Crippen LogP contribution in [0.15, 0.2) is 0 Å². The second kappa shape index (κ2) is 5.61. The van der Waals surface area contributed by atoms with E-state index in [1.807, 2.05) is 13.8 Å². The maximum atomic E-state index is 12.1. The number of anilines is 3. The second-order valence-electron chi connectivity index (χ2n) is 4.69. The minimum atomic E-state index is 0.0801. The Morgan fingerprint density at radius 2 is 2.22 bits per heavy atom. The molecule has 4 N–H and O–H groups in total. The van der Waals surface area contributed by atoms with E-state index in [9.17, 15) is 4.79 Å². The molecule has 5 heteroatoms. The predicted molar refractivity (Wildman–Crippen MR) is 78.2 cm³/mol. The number of nitrogens with two attached hydrogens (primary N) is 1. The van der Waals surface area contributed by atoms with Gasteiger partial charge >= 0.3 is 0 Å². The topological polar surface area (TPSA) is 67.2 Å². The molecule has 100 valence electrons. The highest BCUT2D eigenvalue weighted by Gasteiger charge is 2.21. The molecule has 1 aromatic rings. The van der Waals surface area contributed by atoms with Crippen molar-refractivity contribution in [2.45, 2.75) is 39.5 Å². The lowest BCUT2D eigenvalue weighted by Gasteiger charge is -2.13. The molecule has 0 spiro atoms. The summed E-state index contributed by atoms with van der Waals surface area (Å²) in [5, 5.41) is 8.26. The van der Waals surface area contributed by atoms with E-state index in [4.69, 9.17) is 5.73 Å². The third kappa shape index (κ3) is 2.46. The number of nitrogen functional groups attached to an aromatic ring is 1. The smallest absolute Gasteiger partial charge is 0.228 e. The lowest BCUT2D eigenvalue weighted by atomic mass is 10.0. The Labute approximate surface area is 112 Å². The molecule has 1 amide bonds. The van der Waals surface area contributed by atoms with Gasteiger partial charge in [0, 0.05) is 18.0 Å². The molecule has 1 aromatic heterocycles. The van der Waals surface area contributed by atoms with E-state index in [2.05, 4.69) is 10.6 Å². The summed E-state index contributed by atoms with van der Waals surface area (Å²) in [5.41, 5.74) is 8.03. The minimum absolute atomic E-state index is 0.0801. The number of nitrogens with one attached hydrogen (secondary N) is 2. The zero-order chi connectivity index (χ0) is 13.1. The Hall–Kier alpha value is -1.23. The number of amides is 1. The Balaban J connectivity index is 2.14. The fourth-order valence-corrected chi connectivity index (χ4v) is 3.40. The molecule has 0 aromatic carbocycles. The summed E-state index contributed by atoms with van der Waals surface area (Å²) < 4.78 is 0. The first-order valence-corrected chi connectivity index (χ1v) is 7.44. The van der Waals surface area contributed by atoms with Crippen LogP contribution in [-0.4, -0.2) is 12.5 Å². The van der Waals surface area contributed by atoms with Gasteiger partial charge in [0.25, 0.3) is 0 Å². The first-order valence-electron chi connectivity index (χ1n) is 6.63. The molecule has 18 heavy (non-hydrogen) atoms. The number of carbonyl (C=O) groups excluding carboxylic acids is 1. The number of fused-ring (bicyclic) bond motifs is 1. The van der Waals surface area contributed by atoms with E-state index in [0.717, 1.165) is 47.9 Å². The summed E-state index contributed by atoms with van der Waals surface area (Å²) in [5.74, 6) is 0.168. The van der Waals surface area contributed by atoms with E-state index < -0.39 is 0 Å². The van der Waals surface area contributed by atoms with Gasteiger partial charge in [0.05, 0.1) is 10.7 Å². The number of hydrogen-bond acceptors (Lipinski definition) is 4. The molecule has 0 saturated carbocycles. The second-order valence-corrected chi connectivity index (χ2v) is 5.71. The average Bonchev–Trinajstić information content (AvgIpc) is 2.68. The van der Waals surface area contributed by atoms with Gasteiger partial charge in [-0.05, 0) is 25.7 Å². The molecule has 0 fully saturated rings. The van der Waals surface area contributed by atoms with Crippen molar-refractivity contribution in [3.05, 3.63) is 5.56 Å². The molecule has 1 aliphatic rings. The van der Waals surface area contributed by atoms with Crippen molar-refractivity contribution in [3.8, 4) is 0 Å². The fourth-order valence-electron chi connectivity index (χ4n) is 2.30. The highest BCUT2D eigenvalue weighted by Crippen LogP contribution is 2.42. The van der Waals surface area contributed by atoms with Crippen molar-refractivity contribution in [2.24, 2.45) is 5.92 Å². The summed E-state index contributed by atoms with van der Waals surface area (Å²) in [6, 6.07) is 0. The van der Waals surface area contributed by atoms with Gasteiger partial charge in [0.1, 0.15) is 5.00 Å². The number of thiophene rings is 1. The van der Waals surface area contributed by atoms with Crippen LogP contribution in [0.25, 0.3) is 0 Å². The van der Waals surface area contributed by atoms with E-state index in [1.54, 1.807) is 11.3 Å². The average molecular weight is 267 g/mol. The maximum Gasteiger partial charge on any atom is 0.228 e. The van der Waals surface area contributed by atoms with Crippen LogP contribution in [0.3, 0.4) is 0 Å². The molecule has 0 aliphatic carbocycles. The largest absolute Gasteiger partial charge is 0.396 e. The Kier molecular flexibility index (Phi) is 4.11. The van der Waals surface area contributed by atoms with Gasteiger partial charge in [0.2, 0.25) is 5.91 Å². The number of hydrogen-bond donors (Lipinski definition) is 3. The minimum Gasteiger partial charge on any atom is -0.396 e. The molecule has 2 rings (SSSR count). The van der Waals surface area contributed by atoms with Crippen LogP contribution in [0.2, 0.25) is 0 Å². The lowest BCUT2D eigenvalue weighted by Crippen LogP contribution is -2.21. The van der Waals surface area contributed by atoms with E-state index >= 15 is 0 Å². The lowest BCUT2D eigenvalue weighted by molar-refractivity contribution is -0.120. The maximum absolute atomic E-state index is 12.1. The first-order chi connectivity index (χ1) is 8.67. The van der Waals surface area contributed by atoms with Crippen molar-refractivity contribution in [3.63, 3.8) is 0 Å². The fraction of sp³-hybridized carbons (Fsp3) is 0.615. The molecule has 0 radical (unpaired) electrons. The normalized spacial score (nSPS) is 14.2. The molecule has 2 heterocycles. The third-order valence-corrected chi connectivity index (χ3v) is 4.65. The number of carbonyl (C=O) groups is 1. The molecule has 0 atom stereocenters. The Bertz CT molecular complexity index is 438. The highest BCUT2D eigenvalue weighted by atomic mass is 32.1. The van der Waals surface area contributed by atoms with Crippen LogP contribution >= 0.6 is 11.3 Å². The van der Waals surface area contributed by atoms with Crippen LogP contribution in [0, 0.1) is 5.92 Å². The molecule has 0 saturated heterocycles. The highest BCUT2D eigenvalue weighted by molar-refractivity contribution is 7.21. The van der Waals surface area contributed by atoms with Crippen LogP contribution in [-0.2, 0) is 11.2 Å². The standard InChI is InChI=1S/C13H21N3OS/c1-3-8(4-2)11(17)16-13-10(14)9-6-5-7-15-12(9)18-13/h8,15H,3-7,14H2,1-2H3,(H,16,17). The van der Waals surface area contributed by atoms with Crippen LogP contribution in [0.4, 0.5) is 15.7 Å². The van der Waals surface area contributed by atoms with Crippen molar-refractivity contribution < 1.29 is 4.79 Å². The molecule has 1 aliphatic heterocycles. The summed E-state index contributed by atoms with van der Waals surface area (Å²) in [7, 11) is 0. The zero-order valence-electron chi connectivity index (χ0n) is 11.0. The first kappa shape index (κ1) is 13.2. The van der Waals surface area contributed by atoms with E-state index in [-0.39, 0.29) is 11.8 Å². The number of rotatable bonds is 4. The molecule has 4 nitrogen and oxygen atoms in total. The molecule has 0 unspecified atom stereocenters. The van der Waals surface area contributed by atoms with E-state index in [0.29, 0.717) is 0 Å². The van der Waals surface area contributed by atoms with Crippen LogP contribution in [0.1, 0.15) is 38.7 Å². The summed E-state index contributed by atoms with van der Waals surface area (Å²) in [4.78, 5) is 12.1. The van der Waals surface area contributed by atoms with Gasteiger partial charge in [-0.2, -0.15) is 0 Å². The Morgan fingerprint density at radius 1 is 1.50 bits per heavy atom. The van der Waals surface area contributed by atoms with Gasteiger partial charge in [-0.1, -0.05) is 25.2 Å². The molecular weight excluding hydrogens is 246 g/mol. The van der Waals surface area contributed by atoms with Gasteiger partial charge in [-0.3, -0.25) is 4.79 Å². The quantitative estimate of drug-likeness (QED) is 0.785. The van der Waals surface area contributed by atoms with Crippen molar-refractivity contribution >= 4 is 32.9 Å². The zero-order valence-corrected chi connectivity index (χ0v) is 11.8. The third-order valence-electron chi connectivity index (χ3n) is 3.53. The molecular formula is C13H21N3OS. The SMILES string of the molecule is CCC(CC)C(=O)Nc1sc2c(c1N)CCCN2. The van der Waals surface area contributed by atoms with Gasteiger partial charge in [-0.25, -0.2) is 0 Å². The summed E-state index contributed by atoms with van der Waals surface area (Å²) in [6.07, 6.45) is 3.84. The van der Waals surface area contributed by atoms with Gasteiger partial charge in [-0.15, -0.1) is 0 Å². The van der Waals surface area contributed by atoms with E-state index in [1.165, 1.54) is 5.56 Å².